The molecule has 48 heavy (non-hydrogen) atoms. The quantitative estimate of drug-likeness (QED) is 0.210. The van der Waals surface area contributed by atoms with Gasteiger partial charge in [0.05, 0.1) is 27.8 Å². The second-order valence-corrected chi connectivity index (χ2v) is 13.7. The number of para-hydroxylation sites is 4. The van der Waals surface area contributed by atoms with Crippen LogP contribution in [0.25, 0.3) is 82.4 Å². The number of nitrogens with zero attached hydrogens (tertiary/aromatic N) is 2. The van der Waals surface area contributed by atoms with Gasteiger partial charge in [0.15, 0.2) is 5.50 Å². The van der Waals surface area contributed by atoms with Crippen molar-refractivity contribution in [3.8, 4) is 16.8 Å². The summed E-state index contributed by atoms with van der Waals surface area (Å²) in [5.41, 5.74) is 11.5. The Bertz CT molecular complexity index is 2910. The Morgan fingerprint density at radius 3 is 1.92 bits per heavy atom. The minimum atomic E-state index is 0.00739. The lowest BCUT2D eigenvalue weighted by atomic mass is 10.0. The molecule has 1 N–H and O–H groups in total. The number of fused-ring (bicyclic) bond motifs is 11. The molecule has 11 rings (SSSR count). The average molecular weight is 634 g/mol. The summed E-state index contributed by atoms with van der Waals surface area (Å²) in [4.78, 5) is 1.24. The number of benzene rings is 7. The number of furan rings is 1. The van der Waals surface area contributed by atoms with Crippen molar-refractivity contribution in [1.82, 2.24) is 9.13 Å². The van der Waals surface area contributed by atoms with Crippen molar-refractivity contribution in [2.45, 2.75) is 10.4 Å². The first-order chi connectivity index (χ1) is 23.8. The molecule has 4 heterocycles. The molecule has 0 saturated heterocycles. The molecule has 0 saturated carbocycles. The highest BCUT2D eigenvalue weighted by Gasteiger charge is 2.29. The Morgan fingerprint density at radius 1 is 0.500 bits per heavy atom. The first-order valence-electron chi connectivity index (χ1n) is 16.3. The van der Waals surface area contributed by atoms with Crippen LogP contribution >= 0.6 is 11.8 Å². The lowest BCUT2D eigenvalue weighted by Gasteiger charge is -2.16. The maximum absolute atomic E-state index is 6.22. The van der Waals surface area contributed by atoms with E-state index < -0.39 is 0 Å². The molecule has 0 amide bonds. The van der Waals surface area contributed by atoms with Crippen LogP contribution in [-0.4, -0.2) is 9.13 Å². The van der Waals surface area contributed by atoms with Crippen LogP contribution in [0.15, 0.2) is 161 Å². The van der Waals surface area contributed by atoms with Gasteiger partial charge in [-0.25, -0.2) is 0 Å². The number of rotatable bonds is 3. The summed E-state index contributed by atoms with van der Waals surface area (Å²) in [6, 6.07) is 54.6. The minimum Gasteiger partial charge on any atom is -0.456 e. The van der Waals surface area contributed by atoms with Gasteiger partial charge in [-0.15, -0.1) is 0 Å². The van der Waals surface area contributed by atoms with E-state index in [0.717, 1.165) is 22.2 Å². The first-order valence-corrected chi connectivity index (χ1v) is 17.2. The zero-order valence-corrected chi connectivity index (χ0v) is 26.5. The molecule has 0 fully saturated rings. The Labute approximate surface area is 279 Å². The summed E-state index contributed by atoms with van der Waals surface area (Å²) >= 11 is 1.87. The fourth-order valence-electron chi connectivity index (χ4n) is 7.86. The lowest BCUT2D eigenvalue weighted by Crippen LogP contribution is -2.10. The van der Waals surface area contributed by atoms with Crippen LogP contribution in [0.1, 0.15) is 5.50 Å². The number of hydrogen-bond acceptors (Lipinski definition) is 3. The normalized spacial score (nSPS) is 14.5. The number of anilines is 1. The second-order valence-electron chi connectivity index (χ2n) is 12.6. The van der Waals surface area contributed by atoms with E-state index in [0.29, 0.717) is 0 Å². The average Bonchev–Trinajstić information content (AvgIpc) is 3.90. The largest absolute Gasteiger partial charge is 0.456 e. The first kappa shape index (κ1) is 26.2. The standard InChI is InChI=1S/C43H27N3OS/c1-2-10-28(11-3-1)45-35-15-7-4-12-29(35)32-24-26(18-21-37(32)45)27-19-22-38-33(25-27)30-13-5-8-16-36(30)46(38)43-44-34-20-23-40-41(42(34)48-43)31-14-6-9-17-39(31)47-40/h1-25,43-44H. The SMILES string of the molecule is c1ccc(-n2c3ccccc3c3cc(-c4ccc5c(c4)c4ccccc4n5C4Nc5ccc6oc7ccccc7c6c5S4)ccc32)cc1. The Kier molecular flexibility index (Phi) is 5.35. The fraction of sp³-hybridized carbons (Fsp3) is 0.0233. The number of aromatic nitrogens is 2. The second kappa shape index (κ2) is 9.80. The molecule has 1 unspecified atom stereocenters. The van der Waals surface area contributed by atoms with Gasteiger partial charge >= 0.3 is 0 Å². The van der Waals surface area contributed by atoms with E-state index in [2.05, 4.69) is 160 Å². The van der Waals surface area contributed by atoms with Crippen molar-refractivity contribution in [2.24, 2.45) is 0 Å². The molecule has 0 bridgehead atoms. The van der Waals surface area contributed by atoms with E-state index in [4.69, 9.17) is 4.42 Å². The lowest BCUT2D eigenvalue weighted by molar-refractivity contribution is 0.668. The predicted octanol–water partition coefficient (Wildman–Crippen LogP) is 12.1. The Balaban J connectivity index is 1.06. The molecule has 226 valence electrons. The molecule has 1 aliphatic heterocycles. The van der Waals surface area contributed by atoms with Gasteiger partial charge < -0.3 is 18.9 Å². The summed E-state index contributed by atoms with van der Waals surface area (Å²) in [5.74, 6) is 0. The van der Waals surface area contributed by atoms with Crippen LogP contribution in [0, 0.1) is 0 Å². The van der Waals surface area contributed by atoms with Gasteiger partial charge in [0.2, 0.25) is 0 Å². The molecule has 0 spiro atoms. The van der Waals surface area contributed by atoms with E-state index in [9.17, 15) is 0 Å². The zero-order chi connectivity index (χ0) is 31.3. The van der Waals surface area contributed by atoms with Crippen LogP contribution in [0.4, 0.5) is 5.69 Å². The van der Waals surface area contributed by atoms with Gasteiger partial charge in [-0.05, 0) is 77.9 Å². The summed E-state index contributed by atoms with van der Waals surface area (Å²) in [7, 11) is 0. The van der Waals surface area contributed by atoms with Crippen molar-refractivity contribution in [3.05, 3.63) is 152 Å². The number of thioether (sulfide) groups is 1. The summed E-state index contributed by atoms with van der Waals surface area (Å²) in [6.07, 6.45) is 0. The highest BCUT2D eigenvalue weighted by Crippen LogP contribution is 2.52. The number of nitrogens with one attached hydrogen (secondary N) is 1. The molecule has 0 radical (unpaired) electrons. The molecule has 0 aliphatic carbocycles. The molecular formula is C43H27N3OS. The predicted molar refractivity (Wildman–Crippen MR) is 201 cm³/mol. The van der Waals surface area contributed by atoms with Crippen LogP contribution in [0.2, 0.25) is 0 Å². The molecular weight excluding hydrogens is 607 g/mol. The van der Waals surface area contributed by atoms with Crippen LogP contribution in [-0.2, 0) is 0 Å². The van der Waals surface area contributed by atoms with Gasteiger partial charge in [-0.1, -0.05) is 96.7 Å². The Morgan fingerprint density at radius 2 is 1.10 bits per heavy atom. The molecule has 3 aromatic heterocycles. The maximum Gasteiger partial charge on any atom is 0.157 e. The Hall–Kier alpha value is -5.91. The zero-order valence-electron chi connectivity index (χ0n) is 25.7. The van der Waals surface area contributed by atoms with E-state index in [1.807, 2.05) is 17.8 Å². The smallest absolute Gasteiger partial charge is 0.157 e. The topological polar surface area (TPSA) is 35.0 Å². The highest BCUT2D eigenvalue weighted by molar-refractivity contribution is 8.00. The maximum atomic E-state index is 6.22. The summed E-state index contributed by atoms with van der Waals surface area (Å²) in [5, 5.41) is 11.2. The van der Waals surface area contributed by atoms with E-state index >= 15 is 0 Å². The summed E-state index contributed by atoms with van der Waals surface area (Å²) < 4.78 is 11.1. The van der Waals surface area contributed by atoms with Crippen molar-refractivity contribution in [3.63, 3.8) is 0 Å². The highest BCUT2D eigenvalue weighted by atomic mass is 32.2. The van der Waals surface area contributed by atoms with Gasteiger partial charge in [0.1, 0.15) is 11.2 Å². The van der Waals surface area contributed by atoms with Gasteiger partial charge in [0.25, 0.3) is 0 Å². The summed E-state index contributed by atoms with van der Waals surface area (Å²) in [6.45, 7) is 0. The van der Waals surface area contributed by atoms with Crippen LogP contribution in [0.3, 0.4) is 0 Å². The van der Waals surface area contributed by atoms with Gasteiger partial charge in [-0.3, -0.25) is 0 Å². The van der Waals surface area contributed by atoms with Gasteiger partial charge in [-0.2, -0.15) is 0 Å². The fourth-order valence-corrected chi connectivity index (χ4v) is 9.18. The van der Waals surface area contributed by atoms with E-state index in [-0.39, 0.29) is 5.50 Å². The van der Waals surface area contributed by atoms with E-state index in [1.54, 1.807) is 0 Å². The number of hydrogen-bond donors (Lipinski definition) is 1. The van der Waals surface area contributed by atoms with E-state index in [1.165, 1.54) is 70.7 Å². The third kappa shape index (κ3) is 3.62. The molecule has 10 aromatic rings. The molecule has 1 aliphatic rings. The van der Waals surface area contributed by atoms with Crippen molar-refractivity contribution < 1.29 is 4.42 Å². The third-order valence-corrected chi connectivity index (χ3v) is 11.2. The molecule has 4 nitrogen and oxygen atoms in total. The van der Waals surface area contributed by atoms with Crippen molar-refractivity contribution in [1.29, 1.82) is 0 Å². The minimum absolute atomic E-state index is 0.00739. The molecule has 5 heteroatoms. The monoisotopic (exact) mass is 633 g/mol. The van der Waals surface area contributed by atoms with Crippen molar-refractivity contribution in [2.75, 3.05) is 5.32 Å². The van der Waals surface area contributed by atoms with Crippen LogP contribution in [0.5, 0.6) is 0 Å². The third-order valence-electron chi connectivity index (χ3n) is 9.97. The molecule has 7 aromatic carbocycles. The van der Waals surface area contributed by atoms with Crippen molar-refractivity contribution >= 4 is 83.0 Å². The van der Waals surface area contributed by atoms with Crippen LogP contribution < -0.4 is 5.32 Å². The molecule has 1 atom stereocenters. The van der Waals surface area contributed by atoms with Gasteiger partial charge in [0, 0.05) is 42.9 Å².